The lowest BCUT2D eigenvalue weighted by molar-refractivity contribution is 0.0941. The van der Waals surface area contributed by atoms with Crippen LogP contribution in [-0.2, 0) is 16.4 Å². The first kappa shape index (κ1) is 24.7. The van der Waals surface area contributed by atoms with E-state index in [0.29, 0.717) is 6.54 Å². The van der Waals surface area contributed by atoms with Gasteiger partial charge in [0.2, 0.25) is 0 Å². The highest BCUT2D eigenvalue weighted by Crippen LogP contribution is 2.25. The van der Waals surface area contributed by atoms with Gasteiger partial charge in [0.1, 0.15) is 10.7 Å². The van der Waals surface area contributed by atoms with Crippen molar-refractivity contribution in [2.45, 2.75) is 17.4 Å². The van der Waals surface area contributed by atoms with Gasteiger partial charge < -0.3 is 10.2 Å². The Hall–Kier alpha value is -2.94. The van der Waals surface area contributed by atoms with Gasteiger partial charge in [-0.3, -0.25) is 9.52 Å². The summed E-state index contributed by atoms with van der Waals surface area (Å²) < 4.78 is 41.1. The highest BCUT2D eigenvalue weighted by Gasteiger charge is 2.21. The minimum absolute atomic E-state index is 0.0311. The lowest BCUT2D eigenvalue weighted by Crippen LogP contribution is -2.41. The van der Waals surface area contributed by atoms with Crippen LogP contribution in [0.4, 0.5) is 10.1 Å². The van der Waals surface area contributed by atoms with Gasteiger partial charge in [-0.15, -0.1) is 0 Å². The number of benzene rings is 3. The maximum absolute atomic E-state index is 13.1. The van der Waals surface area contributed by atoms with Gasteiger partial charge in [0, 0.05) is 23.8 Å². The van der Waals surface area contributed by atoms with Crippen LogP contribution in [0.2, 0.25) is 5.02 Å². The highest BCUT2D eigenvalue weighted by atomic mass is 35.5. The molecule has 0 radical (unpaired) electrons. The average molecular weight is 490 g/mol. The maximum Gasteiger partial charge on any atom is 0.263 e. The molecular weight excluding hydrogens is 465 g/mol. The molecule has 0 saturated heterocycles. The molecule has 0 fully saturated rings. The topological polar surface area (TPSA) is 78.5 Å². The van der Waals surface area contributed by atoms with Crippen molar-refractivity contribution in [2.24, 2.45) is 0 Å². The summed E-state index contributed by atoms with van der Waals surface area (Å²) in [4.78, 5) is 14.6. The summed E-state index contributed by atoms with van der Waals surface area (Å²) in [6, 6.07) is 18.9. The van der Waals surface area contributed by atoms with Crippen molar-refractivity contribution >= 4 is 33.2 Å². The van der Waals surface area contributed by atoms with Gasteiger partial charge in [-0.2, -0.15) is 0 Å². The van der Waals surface area contributed by atoms with E-state index in [1.165, 1.54) is 30.3 Å². The van der Waals surface area contributed by atoms with Crippen LogP contribution in [0.5, 0.6) is 0 Å². The molecular formula is C24H25ClFN3O3S. The van der Waals surface area contributed by atoms with Crippen LogP contribution in [0, 0.1) is 5.82 Å². The molecule has 0 spiro atoms. The van der Waals surface area contributed by atoms with E-state index in [9.17, 15) is 17.6 Å². The number of carbonyl (C=O) groups excluding carboxylic acids is 1. The Morgan fingerprint density at radius 2 is 1.70 bits per heavy atom. The third kappa shape index (κ3) is 6.77. The maximum atomic E-state index is 13.1. The molecule has 3 aromatic carbocycles. The minimum atomic E-state index is -4.09. The van der Waals surface area contributed by atoms with Crippen LogP contribution in [0.25, 0.3) is 0 Å². The van der Waals surface area contributed by atoms with Crippen molar-refractivity contribution in [1.29, 1.82) is 0 Å². The SMILES string of the molecule is CN(C)C(CNC(=O)c1ccc(Cl)c(S(=O)(=O)Nc2ccc(F)cc2)c1)Cc1ccccc1. The summed E-state index contributed by atoms with van der Waals surface area (Å²) in [5, 5.41) is 2.84. The van der Waals surface area contributed by atoms with E-state index in [2.05, 4.69) is 10.0 Å². The molecule has 0 aliphatic carbocycles. The van der Waals surface area contributed by atoms with Crippen molar-refractivity contribution in [2.75, 3.05) is 25.4 Å². The fraction of sp³-hybridized carbons (Fsp3) is 0.208. The van der Waals surface area contributed by atoms with Crippen molar-refractivity contribution in [3.63, 3.8) is 0 Å². The first-order chi connectivity index (χ1) is 15.7. The van der Waals surface area contributed by atoms with Crippen LogP contribution in [0.15, 0.2) is 77.7 Å². The van der Waals surface area contributed by atoms with E-state index < -0.39 is 21.7 Å². The number of carbonyl (C=O) groups is 1. The Labute approximate surface area is 198 Å². The summed E-state index contributed by atoms with van der Waals surface area (Å²) in [5.41, 5.74) is 1.49. The van der Waals surface area contributed by atoms with Crippen molar-refractivity contribution in [1.82, 2.24) is 10.2 Å². The number of amides is 1. The number of rotatable bonds is 9. The molecule has 9 heteroatoms. The van der Waals surface area contributed by atoms with Gasteiger partial charge in [-0.1, -0.05) is 41.9 Å². The Morgan fingerprint density at radius 3 is 2.33 bits per heavy atom. The molecule has 33 heavy (non-hydrogen) atoms. The largest absolute Gasteiger partial charge is 0.350 e. The zero-order chi connectivity index (χ0) is 24.0. The molecule has 0 aromatic heterocycles. The molecule has 3 aromatic rings. The molecule has 0 heterocycles. The van der Waals surface area contributed by atoms with E-state index in [4.69, 9.17) is 11.6 Å². The van der Waals surface area contributed by atoms with Crippen LogP contribution < -0.4 is 10.0 Å². The average Bonchev–Trinajstić information content (AvgIpc) is 2.78. The van der Waals surface area contributed by atoms with E-state index in [-0.39, 0.29) is 27.2 Å². The molecule has 174 valence electrons. The molecule has 0 bridgehead atoms. The van der Waals surface area contributed by atoms with Crippen LogP contribution >= 0.6 is 11.6 Å². The summed E-state index contributed by atoms with van der Waals surface area (Å²) in [7, 11) is -0.214. The molecule has 1 amide bonds. The summed E-state index contributed by atoms with van der Waals surface area (Å²) >= 11 is 6.12. The zero-order valence-corrected chi connectivity index (χ0v) is 19.8. The van der Waals surface area contributed by atoms with Crippen molar-refractivity contribution < 1.29 is 17.6 Å². The van der Waals surface area contributed by atoms with E-state index in [1.54, 1.807) is 0 Å². The fourth-order valence-corrected chi connectivity index (χ4v) is 4.80. The van der Waals surface area contributed by atoms with Crippen LogP contribution in [0.1, 0.15) is 15.9 Å². The zero-order valence-electron chi connectivity index (χ0n) is 18.3. The second-order valence-electron chi connectivity index (χ2n) is 7.77. The Bertz CT molecular complexity index is 1200. The Balaban J connectivity index is 1.73. The van der Waals surface area contributed by atoms with Gasteiger partial charge in [-0.05, 0) is 68.5 Å². The monoisotopic (exact) mass is 489 g/mol. The molecule has 6 nitrogen and oxygen atoms in total. The molecule has 1 atom stereocenters. The molecule has 3 rings (SSSR count). The molecule has 1 unspecified atom stereocenters. The minimum Gasteiger partial charge on any atom is -0.350 e. The number of likely N-dealkylation sites (N-methyl/N-ethyl adjacent to an activating group) is 1. The first-order valence-corrected chi connectivity index (χ1v) is 12.1. The normalized spacial score (nSPS) is 12.4. The Kier molecular flexibility index (Phi) is 8.07. The molecule has 2 N–H and O–H groups in total. The number of anilines is 1. The van der Waals surface area contributed by atoms with Gasteiger partial charge in [-0.25, -0.2) is 12.8 Å². The predicted octanol–water partition coefficient (Wildman–Crippen LogP) is 4.18. The summed E-state index contributed by atoms with van der Waals surface area (Å²) in [5.74, 6) is -0.900. The van der Waals surface area contributed by atoms with Crippen molar-refractivity contribution in [3.05, 3.63) is 94.8 Å². The predicted molar refractivity (Wildman–Crippen MR) is 129 cm³/mol. The quantitative estimate of drug-likeness (QED) is 0.472. The summed E-state index contributed by atoms with van der Waals surface area (Å²) in [6.07, 6.45) is 0.746. The van der Waals surface area contributed by atoms with Gasteiger partial charge in [0.05, 0.1) is 5.02 Å². The number of halogens is 2. The highest BCUT2D eigenvalue weighted by molar-refractivity contribution is 7.92. The summed E-state index contributed by atoms with van der Waals surface area (Å²) in [6.45, 7) is 0.374. The van der Waals surface area contributed by atoms with E-state index in [1.807, 2.05) is 49.3 Å². The lowest BCUT2D eigenvalue weighted by Gasteiger charge is -2.25. The number of nitrogens with zero attached hydrogens (tertiary/aromatic N) is 1. The lowest BCUT2D eigenvalue weighted by atomic mass is 10.1. The number of hydrogen-bond acceptors (Lipinski definition) is 4. The smallest absolute Gasteiger partial charge is 0.263 e. The van der Waals surface area contributed by atoms with Gasteiger partial charge in [0.25, 0.3) is 15.9 Å². The van der Waals surface area contributed by atoms with Gasteiger partial charge in [0.15, 0.2) is 0 Å². The molecule has 0 aliphatic rings. The standard InChI is InChI=1S/C24H25ClFN3O3S/c1-29(2)21(14-17-6-4-3-5-7-17)16-27-24(30)18-8-13-22(25)23(15-18)33(31,32)28-20-11-9-19(26)10-12-20/h3-13,15,21,28H,14,16H2,1-2H3,(H,27,30). The first-order valence-electron chi connectivity index (χ1n) is 10.2. The van der Waals surface area contributed by atoms with Gasteiger partial charge >= 0.3 is 0 Å². The third-order valence-corrected chi connectivity index (χ3v) is 6.98. The molecule has 0 saturated carbocycles. The van der Waals surface area contributed by atoms with Crippen LogP contribution in [-0.4, -0.2) is 45.9 Å². The Morgan fingerprint density at radius 1 is 1.03 bits per heavy atom. The fourth-order valence-electron chi connectivity index (χ4n) is 3.21. The number of nitrogens with one attached hydrogen (secondary N) is 2. The second-order valence-corrected chi connectivity index (χ2v) is 9.83. The van der Waals surface area contributed by atoms with E-state index >= 15 is 0 Å². The number of hydrogen-bond donors (Lipinski definition) is 2. The molecule has 0 aliphatic heterocycles. The van der Waals surface area contributed by atoms with Crippen LogP contribution in [0.3, 0.4) is 0 Å². The number of sulfonamides is 1. The second kappa shape index (κ2) is 10.8. The van der Waals surface area contributed by atoms with E-state index in [0.717, 1.165) is 24.1 Å². The van der Waals surface area contributed by atoms with Crippen molar-refractivity contribution in [3.8, 4) is 0 Å². The third-order valence-electron chi connectivity index (χ3n) is 5.12.